The molecule has 1 amide bonds. The van der Waals surface area contributed by atoms with Crippen molar-refractivity contribution in [2.75, 3.05) is 32.1 Å². The van der Waals surface area contributed by atoms with Gasteiger partial charge in [-0.1, -0.05) is 48.0 Å². The molecule has 7 rings (SSSR count). The van der Waals surface area contributed by atoms with Gasteiger partial charge >= 0.3 is 0 Å². The monoisotopic (exact) mass is 605 g/mol. The van der Waals surface area contributed by atoms with E-state index in [9.17, 15) is 4.79 Å². The van der Waals surface area contributed by atoms with E-state index in [1.807, 2.05) is 61.5 Å². The second-order valence-electron chi connectivity index (χ2n) is 11.6. The summed E-state index contributed by atoms with van der Waals surface area (Å²) in [6, 6.07) is 19.9. The van der Waals surface area contributed by atoms with Crippen LogP contribution in [0.5, 0.6) is 5.88 Å². The van der Waals surface area contributed by atoms with Crippen molar-refractivity contribution in [1.29, 1.82) is 0 Å². The first-order valence-corrected chi connectivity index (χ1v) is 15.0. The number of amides is 1. The highest BCUT2D eigenvalue weighted by Crippen LogP contribution is 2.41. The summed E-state index contributed by atoms with van der Waals surface area (Å²) < 4.78 is 5.72. The maximum absolute atomic E-state index is 12.2. The fourth-order valence-electron chi connectivity index (χ4n) is 6.40. The molecule has 0 bridgehead atoms. The molecule has 3 aromatic heterocycles. The minimum atomic E-state index is -0.224. The molecule has 2 saturated heterocycles. The summed E-state index contributed by atoms with van der Waals surface area (Å²) in [5.74, 6) is 2.06. The van der Waals surface area contributed by atoms with E-state index in [1.165, 1.54) is 0 Å². The smallest absolute Gasteiger partial charge is 0.228 e. The summed E-state index contributed by atoms with van der Waals surface area (Å²) in [5, 5.41) is 7.06. The van der Waals surface area contributed by atoms with Gasteiger partial charge in [-0.15, -0.1) is 0 Å². The molecule has 0 saturated carbocycles. The van der Waals surface area contributed by atoms with Crippen molar-refractivity contribution in [2.45, 2.75) is 26.8 Å². The Morgan fingerprint density at radius 1 is 0.977 bits per heavy atom. The Kier molecular flexibility index (Phi) is 7.14. The minimum absolute atomic E-state index is 0.176. The van der Waals surface area contributed by atoms with Crippen LogP contribution in [-0.4, -0.2) is 57.5 Å². The predicted molar refractivity (Wildman–Crippen MR) is 172 cm³/mol. The van der Waals surface area contributed by atoms with E-state index in [2.05, 4.69) is 43.5 Å². The van der Waals surface area contributed by atoms with Crippen molar-refractivity contribution in [3.63, 3.8) is 0 Å². The number of anilines is 2. The van der Waals surface area contributed by atoms with Crippen LogP contribution in [0.15, 0.2) is 66.9 Å². The van der Waals surface area contributed by atoms with Crippen LogP contribution in [-0.2, 0) is 11.3 Å². The van der Waals surface area contributed by atoms with E-state index in [1.54, 1.807) is 13.3 Å². The Bertz CT molecular complexity index is 1920. The number of aromatic nitrogens is 4. The second kappa shape index (κ2) is 11.2. The zero-order chi connectivity index (χ0) is 30.4. The molecule has 1 spiro atoms. The number of benzene rings is 2. The molecule has 44 heavy (non-hydrogen) atoms. The number of hydrogen-bond donors (Lipinski definition) is 2. The molecule has 5 aromatic rings. The number of likely N-dealkylation sites (tertiary alicyclic amines) is 1. The number of carbonyl (C=O) groups excluding carboxylic acids is 1. The van der Waals surface area contributed by atoms with Crippen LogP contribution in [0.4, 0.5) is 11.5 Å². The van der Waals surface area contributed by atoms with Gasteiger partial charge in [-0.25, -0.2) is 15.0 Å². The number of methoxy groups -OCH3 is 1. The van der Waals surface area contributed by atoms with Gasteiger partial charge in [-0.3, -0.25) is 14.7 Å². The third-order valence-electron chi connectivity index (χ3n) is 8.67. The molecular weight excluding hydrogens is 574 g/mol. The van der Waals surface area contributed by atoms with E-state index in [0.717, 1.165) is 70.8 Å². The molecule has 10 heteroatoms. The second-order valence-corrected chi connectivity index (χ2v) is 11.9. The zero-order valence-electron chi connectivity index (χ0n) is 24.8. The van der Waals surface area contributed by atoms with Gasteiger partial charge in [0.15, 0.2) is 5.82 Å². The number of fused-ring (bicyclic) bond motifs is 1. The average Bonchev–Trinajstić information content (AvgIpc) is 3.39. The lowest BCUT2D eigenvalue weighted by Crippen LogP contribution is -2.59. The van der Waals surface area contributed by atoms with Gasteiger partial charge < -0.3 is 15.4 Å². The molecule has 0 radical (unpaired) electrons. The summed E-state index contributed by atoms with van der Waals surface area (Å²) in [6.45, 7) is 6.90. The third kappa shape index (κ3) is 4.92. The van der Waals surface area contributed by atoms with E-state index in [-0.39, 0.29) is 11.3 Å². The molecule has 2 N–H and O–H groups in total. The lowest BCUT2D eigenvalue weighted by Gasteiger charge is -2.46. The summed E-state index contributed by atoms with van der Waals surface area (Å²) in [7, 11) is 1.63. The maximum atomic E-state index is 12.2. The minimum Gasteiger partial charge on any atom is -0.481 e. The largest absolute Gasteiger partial charge is 0.481 e. The first-order chi connectivity index (χ1) is 21.3. The Morgan fingerprint density at radius 3 is 2.57 bits per heavy atom. The van der Waals surface area contributed by atoms with E-state index >= 15 is 0 Å². The average molecular weight is 606 g/mol. The van der Waals surface area contributed by atoms with Crippen molar-refractivity contribution in [1.82, 2.24) is 30.2 Å². The van der Waals surface area contributed by atoms with E-state index < -0.39 is 0 Å². The normalized spacial score (nSPS) is 15.8. The number of nitrogens with zero attached hydrogens (tertiary/aromatic N) is 5. The number of pyridine rings is 2. The van der Waals surface area contributed by atoms with Gasteiger partial charge in [-0.05, 0) is 55.7 Å². The molecule has 2 aromatic carbocycles. The Morgan fingerprint density at radius 2 is 1.77 bits per heavy atom. The van der Waals surface area contributed by atoms with Gasteiger partial charge in [0, 0.05) is 54.8 Å². The van der Waals surface area contributed by atoms with Gasteiger partial charge in [0.2, 0.25) is 11.8 Å². The molecule has 5 heterocycles. The molecule has 9 nitrogen and oxygen atoms in total. The number of halogens is 1. The number of rotatable bonds is 7. The highest BCUT2D eigenvalue weighted by Gasteiger charge is 2.51. The van der Waals surface area contributed by atoms with Crippen molar-refractivity contribution in [3.05, 3.63) is 88.8 Å². The lowest BCUT2D eigenvalue weighted by molar-refractivity contribution is -0.137. The highest BCUT2D eigenvalue weighted by atomic mass is 35.5. The first kappa shape index (κ1) is 28.2. The number of nitrogens with one attached hydrogen (secondary N) is 2. The van der Waals surface area contributed by atoms with Gasteiger partial charge in [0.05, 0.1) is 28.8 Å². The van der Waals surface area contributed by atoms with E-state index in [0.29, 0.717) is 34.6 Å². The Labute approximate surface area is 260 Å². The van der Waals surface area contributed by atoms with Crippen molar-refractivity contribution in [3.8, 4) is 28.3 Å². The molecule has 222 valence electrons. The predicted octanol–water partition coefficient (Wildman–Crippen LogP) is 6.10. The summed E-state index contributed by atoms with van der Waals surface area (Å²) in [5.41, 5.74) is 7.63. The third-order valence-corrected chi connectivity index (χ3v) is 9.08. The topological polar surface area (TPSA) is 105 Å². The molecule has 0 atom stereocenters. The van der Waals surface area contributed by atoms with Crippen LogP contribution in [0.25, 0.3) is 33.4 Å². The number of hydrogen-bond acceptors (Lipinski definition) is 8. The van der Waals surface area contributed by atoms with Crippen molar-refractivity contribution >= 4 is 40.0 Å². The molecule has 2 fully saturated rings. The van der Waals surface area contributed by atoms with E-state index in [4.69, 9.17) is 21.3 Å². The Balaban J connectivity index is 1.17. The van der Waals surface area contributed by atoms with Crippen molar-refractivity contribution in [2.24, 2.45) is 5.41 Å². The maximum Gasteiger partial charge on any atom is 0.228 e. The van der Waals surface area contributed by atoms with Crippen LogP contribution in [0.3, 0.4) is 0 Å². The lowest BCUT2D eigenvalue weighted by atomic mass is 9.78. The number of aryl methyl sites for hydroxylation is 1. The SMILES string of the molecule is COc1nc(-c2cccc(-c3cccc(Nc4nc(C)nc5cccnc45)c3C)c2Cl)ccc1CN1CC2(CCNC2=O)C1. The number of ether oxygens (including phenoxy) is 1. The van der Waals surface area contributed by atoms with Gasteiger partial charge in [0.1, 0.15) is 11.3 Å². The molecule has 2 aliphatic rings. The van der Waals surface area contributed by atoms with Crippen LogP contribution in [0, 0.1) is 19.3 Å². The summed E-state index contributed by atoms with van der Waals surface area (Å²) in [4.78, 5) is 33.0. The highest BCUT2D eigenvalue weighted by molar-refractivity contribution is 6.36. The van der Waals surface area contributed by atoms with Crippen LogP contribution in [0.1, 0.15) is 23.4 Å². The quantitative estimate of drug-likeness (QED) is 0.229. The molecular formula is C34H32ClN7O2. The zero-order valence-corrected chi connectivity index (χ0v) is 25.6. The van der Waals surface area contributed by atoms with Crippen LogP contribution in [0.2, 0.25) is 5.02 Å². The first-order valence-electron chi connectivity index (χ1n) is 14.6. The molecule has 0 aliphatic carbocycles. The van der Waals surface area contributed by atoms with Crippen LogP contribution < -0.4 is 15.4 Å². The van der Waals surface area contributed by atoms with Crippen molar-refractivity contribution < 1.29 is 9.53 Å². The standard InChI is InChI=1S/C34H32ClN7O2/c1-20-23(7-5-10-26(20)40-31-30-28(11-6-15-36-30)38-21(2)39-31)24-8-4-9-25(29(24)35)27-13-12-22(32(41-27)44-3)17-42-18-34(19-42)14-16-37-33(34)43/h4-13,15H,14,16-19H2,1-3H3,(H,37,43)(H,38,39,40). The van der Waals surface area contributed by atoms with Gasteiger partial charge in [-0.2, -0.15) is 0 Å². The summed E-state index contributed by atoms with van der Waals surface area (Å²) >= 11 is 7.12. The fraction of sp³-hybridized carbons (Fsp3) is 0.265. The van der Waals surface area contributed by atoms with Crippen LogP contribution >= 0.6 is 11.6 Å². The molecule has 2 aliphatic heterocycles. The Hall–Kier alpha value is -4.60. The van der Waals surface area contributed by atoms with Gasteiger partial charge in [0.25, 0.3) is 0 Å². The fourth-order valence-corrected chi connectivity index (χ4v) is 6.72. The summed E-state index contributed by atoms with van der Waals surface area (Å²) in [6.07, 6.45) is 2.64. The number of carbonyl (C=O) groups is 1. The molecule has 0 unspecified atom stereocenters.